The van der Waals surface area contributed by atoms with Gasteiger partial charge < -0.3 is 24.3 Å². The van der Waals surface area contributed by atoms with Crippen molar-refractivity contribution >= 4 is 17.1 Å². The Kier molecular flexibility index (Phi) is 8.71. The number of carbonyl (C=O) groups excluding carboxylic acids is 1. The van der Waals surface area contributed by atoms with Gasteiger partial charge in [0.2, 0.25) is 0 Å². The van der Waals surface area contributed by atoms with Crippen molar-refractivity contribution in [3.63, 3.8) is 0 Å². The predicted molar refractivity (Wildman–Crippen MR) is 160 cm³/mol. The molecule has 3 aromatic rings. The molecule has 2 heterocycles. The van der Waals surface area contributed by atoms with Gasteiger partial charge in [-0.05, 0) is 74.2 Å². The van der Waals surface area contributed by atoms with Gasteiger partial charge in [-0.15, -0.1) is 0 Å². The number of aromatic nitrogens is 2. The molecule has 1 N–H and O–H groups in total. The summed E-state index contributed by atoms with van der Waals surface area (Å²) in [5, 5.41) is 0. The van der Waals surface area contributed by atoms with Crippen molar-refractivity contribution < 1.29 is 18.7 Å². The molecule has 1 aromatic heterocycles. The van der Waals surface area contributed by atoms with E-state index in [1.807, 2.05) is 24.3 Å². The number of hydrogen-bond donors (Lipinski definition) is 1. The smallest absolute Gasteiger partial charge is 0.410 e. The standard InChI is InChI=1S/C33H45FN4O3/c1-23(2)29-26-11-10-25(34)22-24(26)12-13-33(29,41-31(39)38-18-20-40-21-19-38)15-17-37(5)16-14-32(3,4)30-35-27-8-6-7-9-28(27)36-30/h6-11,22-23,29H,12-21H2,1-5H3,(H,35,36)/t29-,33-/m0/s1. The van der Waals surface area contributed by atoms with Gasteiger partial charge in [0.1, 0.15) is 17.2 Å². The minimum absolute atomic E-state index is 0.0165. The van der Waals surface area contributed by atoms with Crippen LogP contribution in [0.1, 0.15) is 69.8 Å². The molecule has 222 valence electrons. The van der Waals surface area contributed by atoms with Gasteiger partial charge in [-0.25, -0.2) is 14.2 Å². The van der Waals surface area contributed by atoms with Crippen LogP contribution in [0.5, 0.6) is 0 Å². The molecular weight excluding hydrogens is 519 g/mol. The molecular formula is C33H45FN4O3. The summed E-state index contributed by atoms with van der Waals surface area (Å²) in [6.45, 7) is 12.6. The third-order valence-electron chi connectivity index (χ3n) is 9.12. The van der Waals surface area contributed by atoms with E-state index >= 15 is 0 Å². The molecule has 1 aliphatic heterocycles. The number of carbonyl (C=O) groups is 1. The van der Waals surface area contributed by atoms with Crippen LogP contribution in [0.2, 0.25) is 0 Å². The first kappa shape index (κ1) is 29.5. The monoisotopic (exact) mass is 564 g/mol. The number of amides is 1. The summed E-state index contributed by atoms with van der Waals surface area (Å²) < 4.78 is 26.2. The number of nitrogens with zero attached hydrogens (tertiary/aromatic N) is 3. The lowest BCUT2D eigenvalue weighted by molar-refractivity contribution is -0.0671. The number of para-hydroxylation sites is 2. The molecule has 2 aliphatic rings. The van der Waals surface area contributed by atoms with E-state index in [1.165, 1.54) is 0 Å². The fourth-order valence-corrected chi connectivity index (χ4v) is 6.63. The van der Waals surface area contributed by atoms with Gasteiger partial charge in [-0.2, -0.15) is 0 Å². The van der Waals surface area contributed by atoms with Crippen LogP contribution in [0.25, 0.3) is 11.0 Å². The van der Waals surface area contributed by atoms with Gasteiger partial charge in [-0.1, -0.05) is 45.9 Å². The summed E-state index contributed by atoms with van der Waals surface area (Å²) in [6, 6.07) is 13.2. The Morgan fingerprint density at radius 1 is 1.22 bits per heavy atom. The number of H-pyrrole nitrogens is 1. The van der Waals surface area contributed by atoms with Gasteiger partial charge in [0.15, 0.2) is 0 Å². The summed E-state index contributed by atoms with van der Waals surface area (Å²) in [7, 11) is 2.14. The van der Waals surface area contributed by atoms with Crippen LogP contribution in [0.4, 0.5) is 9.18 Å². The summed E-state index contributed by atoms with van der Waals surface area (Å²) in [4.78, 5) is 26.0. The third-order valence-corrected chi connectivity index (χ3v) is 9.12. The number of aryl methyl sites for hydroxylation is 1. The number of imidazole rings is 1. The fraction of sp³-hybridized carbons (Fsp3) is 0.576. The number of morpholine rings is 1. The Labute approximate surface area is 243 Å². The Morgan fingerprint density at radius 3 is 2.71 bits per heavy atom. The Balaban J connectivity index is 1.32. The summed E-state index contributed by atoms with van der Waals surface area (Å²) in [6.07, 6.45) is 2.75. The van der Waals surface area contributed by atoms with Gasteiger partial charge in [0.05, 0.1) is 24.2 Å². The number of fused-ring (bicyclic) bond motifs is 2. The maximum Gasteiger partial charge on any atom is 0.410 e. The van der Waals surface area contributed by atoms with Crippen molar-refractivity contribution in [2.75, 3.05) is 46.4 Å². The quantitative estimate of drug-likeness (QED) is 0.331. The van der Waals surface area contributed by atoms with Crippen molar-refractivity contribution in [1.29, 1.82) is 0 Å². The van der Waals surface area contributed by atoms with Crippen molar-refractivity contribution in [2.24, 2.45) is 5.92 Å². The molecule has 7 nitrogen and oxygen atoms in total. The topological polar surface area (TPSA) is 70.7 Å². The van der Waals surface area contributed by atoms with Crippen molar-refractivity contribution in [3.05, 3.63) is 65.2 Å². The van der Waals surface area contributed by atoms with Gasteiger partial charge >= 0.3 is 6.09 Å². The lowest BCUT2D eigenvalue weighted by Crippen LogP contribution is -2.52. The summed E-state index contributed by atoms with van der Waals surface area (Å²) in [5.41, 5.74) is 3.40. The molecule has 0 radical (unpaired) electrons. The van der Waals surface area contributed by atoms with Gasteiger partial charge in [-0.3, -0.25) is 0 Å². The largest absolute Gasteiger partial charge is 0.442 e. The number of halogens is 1. The van der Waals surface area contributed by atoms with Crippen LogP contribution >= 0.6 is 0 Å². The molecule has 1 amide bonds. The molecule has 41 heavy (non-hydrogen) atoms. The Morgan fingerprint density at radius 2 is 1.98 bits per heavy atom. The number of ether oxygens (including phenoxy) is 2. The maximum absolute atomic E-state index is 14.2. The summed E-state index contributed by atoms with van der Waals surface area (Å²) in [5.74, 6) is 0.987. The average Bonchev–Trinajstić information content (AvgIpc) is 3.41. The number of benzene rings is 2. The minimum Gasteiger partial charge on any atom is -0.442 e. The minimum atomic E-state index is -0.670. The van der Waals surface area contributed by atoms with E-state index in [-0.39, 0.29) is 29.2 Å². The lowest BCUT2D eigenvalue weighted by atomic mass is 9.65. The van der Waals surface area contributed by atoms with E-state index in [0.717, 1.165) is 47.5 Å². The van der Waals surface area contributed by atoms with Crippen molar-refractivity contribution in [3.8, 4) is 0 Å². The zero-order chi connectivity index (χ0) is 29.2. The molecule has 1 fully saturated rings. The van der Waals surface area contributed by atoms with Crippen LogP contribution in [0.3, 0.4) is 0 Å². The van der Waals surface area contributed by atoms with Crippen molar-refractivity contribution in [1.82, 2.24) is 19.8 Å². The highest BCUT2D eigenvalue weighted by Gasteiger charge is 2.48. The van der Waals surface area contributed by atoms with E-state index in [2.05, 4.69) is 50.7 Å². The molecule has 0 saturated carbocycles. The van der Waals surface area contributed by atoms with Crippen LogP contribution in [0.15, 0.2) is 42.5 Å². The highest BCUT2D eigenvalue weighted by molar-refractivity contribution is 5.75. The van der Waals surface area contributed by atoms with Crippen molar-refractivity contribution in [2.45, 2.75) is 70.3 Å². The highest BCUT2D eigenvalue weighted by Crippen LogP contribution is 2.48. The van der Waals surface area contributed by atoms with E-state index in [9.17, 15) is 9.18 Å². The van der Waals surface area contributed by atoms with E-state index in [0.29, 0.717) is 45.6 Å². The Hall–Kier alpha value is -2.97. The number of aromatic amines is 1. The SMILES string of the molecule is CC(C)[C@H]1c2ccc(F)cc2CC[C@@]1(CCN(C)CCC(C)(C)c1nc2ccccc2[nH]1)OC(=O)N1CCOCC1. The molecule has 0 spiro atoms. The average molecular weight is 565 g/mol. The third kappa shape index (κ3) is 6.44. The molecule has 2 atom stereocenters. The van der Waals surface area contributed by atoms with Crippen LogP contribution < -0.4 is 0 Å². The number of hydrogen-bond acceptors (Lipinski definition) is 5. The first-order valence-electron chi connectivity index (χ1n) is 15.1. The van der Waals surface area contributed by atoms with Crippen LogP contribution in [0, 0.1) is 11.7 Å². The van der Waals surface area contributed by atoms with E-state index in [4.69, 9.17) is 14.5 Å². The van der Waals surface area contributed by atoms with Crippen LogP contribution in [-0.2, 0) is 21.3 Å². The first-order chi connectivity index (χ1) is 19.6. The van der Waals surface area contributed by atoms with Gasteiger partial charge in [0, 0.05) is 37.4 Å². The number of nitrogens with one attached hydrogen (secondary N) is 1. The molecule has 8 heteroatoms. The zero-order valence-electron chi connectivity index (χ0n) is 25.2. The van der Waals surface area contributed by atoms with E-state index in [1.54, 1.807) is 17.0 Å². The van der Waals surface area contributed by atoms with E-state index < -0.39 is 5.60 Å². The van der Waals surface area contributed by atoms with Gasteiger partial charge in [0.25, 0.3) is 0 Å². The number of rotatable bonds is 9. The molecule has 1 aliphatic carbocycles. The summed E-state index contributed by atoms with van der Waals surface area (Å²) >= 11 is 0. The predicted octanol–water partition coefficient (Wildman–Crippen LogP) is 6.29. The highest BCUT2D eigenvalue weighted by atomic mass is 19.1. The molecule has 1 saturated heterocycles. The first-order valence-corrected chi connectivity index (χ1v) is 15.1. The second kappa shape index (κ2) is 12.1. The second-order valence-electron chi connectivity index (χ2n) is 12.9. The normalized spacial score (nSPS) is 21.5. The molecule has 2 aromatic carbocycles. The molecule has 0 unspecified atom stereocenters. The lowest BCUT2D eigenvalue weighted by Gasteiger charge is -2.47. The fourth-order valence-electron chi connectivity index (χ4n) is 6.63. The second-order valence-corrected chi connectivity index (χ2v) is 12.9. The molecule has 0 bridgehead atoms. The maximum atomic E-state index is 14.2. The zero-order valence-corrected chi connectivity index (χ0v) is 25.2. The van der Waals surface area contributed by atoms with Crippen LogP contribution in [-0.4, -0.2) is 77.9 Å². The molecule has 5 rings (SSSR count). The Bertz CT molecular complexity index is 1320.